The molecule has 146 valence electrons. The van der Waals surface area contributed by atoms with Crippen LogP contribution in [0.25, 0.3) is 6.08 Å². The molecule has 5 rings (SSSR count). The maximum absolute atomic E-state index is 13.2. The minimum atomic E-state index is -0.230. The van der Waals surface area contributed by atoms with E-state index in [-0.39, 0.29) is 11.9 Å². The van der Waals surface area contributed by atoms with Gasteiger partial charge in [-0.15, -0.1) is 0 Å². The second-order valence-corrected chi connectivity index (χ2v) is 7.21. The predicted octanol–water partition coefficient (Wildman–Crippen LogP) is 4.28. The predicted molar refractivity (Wildman–Crippen MR) is 110 cm³/mol. The van der Waals surface area contributed by atoms with Crippen molar-refractivity contribution in [2.45, 2.75) is 18.9 Å². The van der Waals surface area contributed by atoms with Crippen LogP contribution in [-0.2, 0) is 11.2 Å². The highest BCUT2D eigenvalue weighted by Gasteiger charge is 2.35. The van der Waals surface area contributed by atoms with Crippen molar-refractivity contribution in [3.63, 3.8) is 0 Å². The van der Waals surface area contributed by atoms with Crippen LogP contribution >= 0.6 is 0 Å². The van der Waals surface area contributed by atoms with E-state index in [1.165, 1.54) is 5.56 Å². The van der Waals surface area contributed by atoms with Gasteiger partial charge < -0.3 is 13.7 Å². The first-order chi connectivity index (χ1) is 14.3. The molecule has 4 heterocycles. The third kappa shape index (κ3) is 3.49. The van der Waals surface area contributed by atoms with E-state index in [0.717, 1.165) is 35.9 Å². The molecule has 0 bridgehead atoms. The molecular formula is C23H21N3O3. The second-order valence-electron chi connectivity index (χ2n) is 7.21. The first kappa shape index (κ1) is 17.6. The first-order valence-corrected chi connectivity index (χ1v) is 9.75. The minimum Gasteiger partial charge on any atom is -0.467 e. The summed E-state index contributed by atoms with van der Waals surface area (Å²) in [6.45, 7) is 1.15. The zero-order chi connectivity index (χ0) is 19.6. The lowest BCUT2D eigenvalue weighted by Crippen LogP contribution is -2.37. The molecule has 0 saturated heterocycles. The van der Waals surface area contributed by atoms with Crippen LogP contribution in [0.15, 0.2) is 81.1 Å². The molecule has 1 atom stereocenters. The van der Waals surface area contributed by atoms with Crippen LogP contribution in [0, 0.1) is 0 Å². The van der Waals surface area contributed by atoms with Gasteiger partial charge >= 0.3 is 0 Å². The monoisotopic (exact) mass is 387 g/mol. The fourth-order valence-electron chi connectivity index (χ4n) is 3.94. The second kappa shape index (κ2) is 7.47. The number of furan rings is 2. The summed E-state index contributed by atoms with van der Waals surface area (Å²) in [5.41, 5.74) is 3.24. The lowest BCUT2D eigenvalue weighted by molar-refractivity contribution is -0.131. The molecule has 0 unspecified atom stereocenters. The van der Waals surface area contributed by atoms with E-state index in [4.69, 9.17) is 8.83 Å². The van der Waals surface area contributed by atoms with Gasteiger partial charge in [-0.3, -0.25) is 4.79 Å². The van der Waals surface area contributed by atoms with Gasteiger partial charge in [-0.25, -0.2) is 5.01 Å². The Balaban J connectivity index is 1.37. The van der Waals surface area contributed by atoms with Gasteiger partial charge in [0, 0.05) is 18.7 Å². The fraction of sp³-hybridized carbons (Fsp3) is 0.217. The van der Waals surface area contributed by atoms with E-state index in [1.54, 1.807) is 17.5 Å². The fourth-order valence-corrected chi connectivity index (χ4v) is 3.94. The quantitative estimate of drug-likeness (QED) is 0.656. The van der Waals surface area contributed by atoms with Gasteiger partial charge in [0.25, 0.3) is 5.91 Å². The van der Waals surface area contributed by atoms with Crippen LogP contribution in [0.2, 0.25) is 0 Å². The van der Waals surface area contributed by atoms with Crippen LogP contribution < -0.4 is 4.90 Å². The number of allylic oxidation sites excluding steroid dienone is 1. The van der Waals surface area contributed by atoms with Gasteiger partial charge in [-0.2, -0.15) is 5.10 Å². The molecular weight excluding hydrogens is 366 g/mol. The van der Waals surface area contributed by atoms with Crippen LogP contribution in [0.3, 0.4) is 0 Å². The Morgan fingerprint density at radius 3 is 2.76 bits per heavy atom. The maximum atomic E-state index is 13.2. The standard InChI is InChI=1S/C23H21N3O3/c27-23(16-25-12-11-17-5-1-2-7-20(17)25)26-21(22-8-4-14-29-22)15-18(24-26)9-10-19-6-3-13-28-19/h1-10,13-14,21H,11-12,15-16H2/b10-9+/t21-/m0/s1. The lowest BCUT2D eigenvalue weighted by Gasteiger charge is -2.24. The van der Waals surface area contributed by atoms with Crippen LogP contribution in [0.4, 0.5) is 5.69 Å². The SMILES string of the molecule is O=C(CN1CCc2ccccc21)N1N=C(/C=C/c2ccco2)C[C@H]1c1ccco1. The van der Waals surface area contributed by atoms with Crippen molar-refractivity contribution in [3.05, 3.63) is 84.2 Å². The number of hydrazone groups is 1. The molecule has 2 aromatic heterocycles. The normalized spacial score (nSPS) is 18.5. The van der Waals surface area contributed by atoms with Crippen molar-refractivity contribution < 1.29 is 13.6 Å². The number of anilines is 1. The first-order valence-electron chi connectivity index (χ1n) is 9.75. The van der Waals surface area contributed by atoms with Gasteiger partial charge in [0.05, 0.1) is 24.8 Å². The average molecular weight is 387 g/mol. The Kier molecular flexibility index (Phi) is 4.52. The number of nitrogens with zero attached hydrogens (tertiary/aromatic N) is 3. The third-order valence-corrected chi connectivity index (χ3v) is 5.35. The number of carbonyl (C=O) groups excluding carboxylic acids is 1. The molecule has 0 radical (unpaired) electrons. The minimum absolute atomic E-state index is 0.0375. The highest BCUT2D eigenvalue weighted by Crippen LogP contribution is 2.33. The summed E-state index contributed by atoms with van der Waals surface area (Å²) < 4.78 is 10.9. The number of hydrogen-bond donors (Lipinski definition) is 0. The van der Waals surface area contributed by atoms with E-state index in [9.17, 15) is 4.79 Å². The maximum Gasteiger partial charge on any atom is 0.262 e. The third-order valence-electron chi connectivity index (χ3n) is 5.35. The number of para-hydroxylation sites is 1. The molecule has 0 fully saturated rings. The van der Waals surface area contributed by atoms with Crippen molar-refractivity contribution in [3.8, 4) is 0 Å². The Morgan fingerprint density at radius 2 is 1.93 bits per heavy atom. The van der Waals surface area contributed by atoms with Gasteiger partial charge in [-0.05, 0) is 54.5 Å². The summed E-state index contributed by atoms with van der Waals surface area (Å²) >= 11 is 0. The summed E-state index contributed by atoms with van der Waals surface area (Å²) in [6, 6.07) is 15.5. The molecule has 29 heavy (non-hydrogen) atoms. The number of hydrogen-bond acceptors (Lipinski definition) is 5. The van der Waals surface area contributed by atoms with Crippen LogP contribution in [0.1, 0.15) is 29.5 Å². The largest absolute Gasteiger partial charge is 0.467 e. The number of rotatable bonds is 5. The Labute approximate surface area is 168 Å². The number of fused-ring (bicyclic) bond motifs is 1. The molecule has 0 saturated carbocycles. The number of benzene rings is 1. The van der Waals surface area contributed by atoms with Gasteiger partial charge in [0.15, 0.2) is 0 Å². The summed E-state index contributed by atoms with van der Waals surface area (Å²) in [5, 5.41) is 6.18. The molecule has 3 aromatic rings. The lowest BCUT2D eigenvalue weighted by atomic mass is 10.1. The molecule has 2 aliphatic heterocycles. The average Bonchev–Trinajstić information content (AvgIpc) is 3.53. The molecule has 6 heteroatoms. The molecule has 6 nitrogen and oxygen atoms in total. The van der Waals surface area contributed by atoms with Gasteiger partial charge in [0.2, 0.25) is 0 Å². The Morgan fingerprint density at radius 1 is 1.07 bits per heavy atom. The Bertz CT molecular complexity index is 1050. The van der Waals surface area contributed by atoms with Gasteiger partial charge in [-0.1, -0.05) is 18.2 Å². The van der Waals surface area contributed by atoms with E-state index in [1.807, 2.05) is 48.6 Å². The number of amides is 1. The smallest absolute Gasteiger partial charge is 0.262 e. The van der Waals surface area contributed by atoms with E-state index < -0.39 is 0 Å². The van der Waals surface area contributed by atoms with Crippen molar-refractivity contribution in [1.29, 1.82) is 0 Å². The summed E-state index contributed by atoms with van der Waals surface area (Å²) in [7, 11) is 0. The zero-order valence-electron chi connectivity index (χ0n) is 15.9. The van der Waals surface area contributed by atoms with Gasteiger partial charge in [0.1, 0.15) is 17.6 Å². The highest BCUT2D eigenvalue weighted by molar-refractivity contribution is 6.01. The van der Waals surface area contributed by atoms with Crippen molar-refractivity contribution in [2.24, 2.45) is 5.10 Å². The van der Waals surface area contributed by atoms with E-state index in [2.05, 4.69) is 22.1 Å². The molecule has 2 aliphatic rings. The van der Waals surface area contributed by atoms with E-state index in [0.29, 0.717) is 13.0 Å². The summed E-state index contributed by atoms with van der Waals surface area (Å²) in [6.07, 6.45) is 8.59. The van der Waals surface area contributed by atoms with Crippen LogP contribution in [0.5, 0.6) is 0 Å². The van der Waals surface area contributed by atoms with Crippen LogP contribution in [-0.4, -0.2) is 29.7 Å². The molecule has 0 N–H and O–H groups in total. The molecule has 0 aliphatic carbocycles. The van der Waals surface area contributed by atoms with E-state index >= 15 is 0 Å². The van der Waals surface area contributed by atoms with Crippen molar-refractivity contribution in [1.82, 2.24) is 5.01 Å². The van der Waals surface area contributed by atoms with Crippen molar-refractivity contribution >= 4 is 23.4 Å². The zero-order valence-corrected chi connectivity index (χ0v) is 15.9. The summed E-state index contributed by atoms with van der Waals surface area (Å²) in [4.78, 5) is 15.3. The summed E-state index contributed by atoms with van der Waals surface area (Å²) in [5.74, 6) is 1.45. The van der Waals surface area contributed by atoms with Crippen molar-refractivity contribution in [2.75, 3.05) is 18.0 Å². The Hall–Kier alpha value is -3.54. The number of carbonyl (C=O) groups is 1. The molecule has 0 spiro atoms. The molecule has 1 amide bonds. The topological polar surface area (TPSA) is 62.2 Å². The highest BCUT2D eigenvalue weighted by atomic mass is 16.3. The molecule has 1 aromatic carbocycles.